The van der Waals surface area contributed by atoms with E-state index in [2.05, 4.69) is 5.32 Å². The second kappa shape index (κ2) is 9.62. The van der Waals surface area contributed by atoms with Crippen molar-refractivity contribution in [3.63, 3.8) is 0 Å². The number of piperazine rings is 1. The molecule has 2 aromatic rings. The Morgan fingerprint density at radius 1 is 0.933 bits per heavy atom. The monoisotopic (exact) mass is 431 g/mol. The summed E-state index contributed by atoms with van der Waals surface area (Å²) in [5, 5.41) is 2.73. The van der Waals surface area contributed by atoms with Gasteiger partial charge in [-0.1, -0.05) is 0 Å². The number of nitrogens with zero attached hydrogens (tertiary/aromatic N) is 2. The summed E-state index contributed by atoms with van der Waals surface area (Å²) in [7, 11) is 3.08. The van der Waals surface area contributed by atoms with Crippen molar-refractivity contribution in [1.82, 2.24) is 15.1 Å². The standard InChI is InChI=1S/C21H25N3O5S/c1-14(25)22-13-18-4-5-19(30-18)21(27)24-8-6-23(7-9-24)20(26)15-10-16(28-2)12-17(11-15)29-3/h4-5,10-12H,6-9,13H2,1-3H3,(H,22,25). The topological polar surface area (TPSA) is 88.2 Å². The molecule has 0 spiro atoms. The lowest BCUT2D eigenvalue weighted by atomic mass is 10.1. The quantitative estimate of drug-likeness (QED) is 0.756. The van der Waals surface area contributed by atoms with E-state index in [4.69, 9.17) is 9.47 Å². The van der Waals surface area contributed by atoms with Crippen LogP contribution in [0.3, 0.4) is 0 Å². The molecule has 0 bridgehead atoms. The fourth-order valence-corrected chi connectivity index (χ4v) is 4.10. The summed E-state index contributed by atoms with van der Waals surface area (Å²) in [6, 6.07) is 8.72. The van der Waals surface area contributed by atoms with Gasteiger partial charge in [0, 0.05) is 49.6 Å². The third-order valence-electron chi connectivity index (χ3n) is 4.84. The van der Waals surface area contributed by atoms with Gasteiger partial charge in [-0.15, -0.1) is 11.3 Å². The normalized spacial score (nSPS) is 13.7. The molecule has 1 aromatic carbocycles. The molecule has 0 unspecified atom stereocenters. The average molecular weight is 432 g/mol. The van der Waals surface area contributed by atoms with E-state index in [0.29, 0.717) is 54.7 Å². The Labute approximate surface area is 179 Å². The number of ether oxygens (including phenoxy) is 2. The van der Waals surface area contributed by atoms with E-state index >= 15 is 0 Å². The molecule has 1 aromatic heterocycles. The summed E-state index contributed by atoms with van der Waals surface area (Å²) >= 11 is 1.37. The molecule has 0 atom stereocenters. The Bertz CT molecular complexity index is 912. The van der Waals surface area contributed by atoms with Gasteiger partial charge in [-0.3, -0.25) is 14.4 Å². The van der Waals surface area contributed by atoms with E-state index in [-0.39, 0.29) is 17.7 Å². The molecule has 0 aliphatic carbocycles. The van der Waals surface area contributed by atoms with Gasteiger partial charge in [0.05, 0.1) is 25.6 Å². The van der Waals surface area contributed by atoms with Crippen LogP contribution in [0.5, 0.6) is 11.5 Å². The maximum Gasteiger partial charge on any atom is 0.264 e. The molecule has 1 fully saturated rings. The Balaban J connectivity index is 1.60. The molecule has 160 valence electrons. The molecule has 1 aliphatic heterocycles. The molecule has 3 rings (SSSR count). The molecule has 0 saturated carbocycles. The molecule has 2 heterocycles. The van der Waals surface area contributed by atoms with E-state index in [1.807, 2.05) is 6.07 Å². The van der Waals surface area contributed by atoms with Gasteiger partial charge in [0.1, 0.15) is 11.5 Å². The molecular weight excluding hydrogens is 406 g/mol. The fraction of sp³-hybridized carbons (Fsp3) is 0.381. The molecule has 1 N–H and O–H groups in total. The van der Waals surface area contributed by atoms with Crippen molar-refractivity contribution in [3.8, 4) is 11.5 Å². The Morgan fingerprint density at radius 2 is 1.50 bits per heavy atom. The van der Waals surface area contributed by atoms with Crippen LogP contribution in [-0.2, 0) is 11.3 Å². The molecule has 0 radical (unpaired) electrons. The largest absolute Gasteiger partial charge is 0.497 e. The number of hydrogen-bond acceptors (Lipinski definition) is 6. The fourth-order valence-electron chi connectivity index (χ4n) is 3.18. The molecule has 8 nitrogen and oxygen atoms in total. The molecule has 30 heavy (non-hydrogen) atoms. The highest BCUT2D eigenvalue weighted by Gasteiger charge is 2.26. The van der Waals surface area contributed by atoms with Crippen LogP contribution in [0.4, 0.5) is 0 Å². The summed E-state index contributed by atoms with van der Waals surface area (Å²) in [5.41, 5.74) is 0.492. The summed E-state index contributed by atoms with van der Waals surface area (Å²) in [4.78, 5) is 41.7. The Morgan fingerprint density at radius 3 is 2.03 bits per heavy atom. The number of carbonyl (C=O) groups excluding carboxylic acids is 3. The zero-order valence-corrected chi connectivity index (χ0v) is 18.1. The molecule has 3 amide bonds. The van der Waals surface area contributed by atoms with Crippen molar-refractivity contribution in [2.45, 2.75) is 13.5 Å². The van der Waals surface area contributed by atoms with Crippen molar-refractivity contribution < 1.29 is 23.9 Å². The molecule has 1 saturated heterocycles. The average Bonchev–Trinajstić information content (AvgIpc) is 3.25. The minimum atomic E-state index is -0.118. The zero-order chi connectivity index (χ0) is 21.7. The number of nitrogens with one attached hydrogen (secondary N) is 1. The van der Waals surface area contributed by atoms with Crippen LogP contribution in [0.2, 0.25) is 0 Å². The number of hydrogen-bond donors (Lipinski definition) is 1. The van der Waals surface area contributed by atoms with Crippen molar-refractivity contribution in [2.24, 2.45) is 0 Å². The Kier molecular flexibility index (Phi) is 6.94. The summed E-state index contributed by atoms with van der Waals surface area (Å²) in [6.45, 7) is 3.71. The van der Waals surface area contributed by atoms with Gasteiger partial charge in [-0.05, 0) is 24.3 Å². The van der Waals surface area contributed by atoms with Gasteiger partial charge in [0.25, 0.3) is 11.8 Å². The van der Waals surface area contributed by atoms with Crippen LogP contribution in [0.25, 0.3) is 0 Å². The van der Waals surface area contributed by atoms with E-state index in [9.17, 15) is 14.4 Å². The summed E-state index contributed by atoms with van der Waals surface area (Å²) < 4.78 is 10.5. The number of methoxy groups -OCH3 is 2. The van der Waals surface area contributed by atoms with Gasteiger partial charge in [0.2, 0.25) is 5.91 Å². The van der Waals surface area contributed by atoms with Crippen LogP contribution in [0, 0.1) is 0 Å². The third kappa shape index (κ3) is 5.10. The first-order chi connectivity index (χ1) is 14.4. The van der Waals surface area contributed by atoms with Crippen LogP contribution in [-0.4, -0.2) is 67.9 Å². The minimum absolute atomic E-state index is 0.0516. The maximum atomic E-state index is 12.9. The van der Waals surface area contributed by atoms with E-state index < -0.39 is 0 Å². The van der Waals surface area contributed by atoms with Crippen LogP contribution >= 0.6 is 11.3 Å². The predicted molar refractivity (Wildman–Crippen MR) is 113 cm³/mol. The van der Waals surface area contributed by atoms with Crippen LogP contribution in [0.1, 0.15) is 31.8 Å². The predicted octanol–water partition coefficient (Wildman–Crippen LogP) is 2.00. The zero-order valence-electron chi connectivity index (χ0n) is 17.3. The van der Waals surface area contributed by atoms with Gasteiger partial charge in [-0.2, -0.15) is 0 Å². The van der Waals surface area contributed by atoms with Gasteiger partial charge in [0.15, 0.2) is 0 Å². The summed E-state index contributed by atoms with van der Waals surface area (Å²) in [5.74, 6) is 0.835. The highest BCUT2D eigenvalue weighted by atomic mass is 32.1. The number of rotatable bonds is 6. The lowest BCUT2D eigenvalue weighted by Crippen LogP contribution is -2.50. The van der Waals surface area contributed by atoms with Crippen LogP contribution < -0.4 is 14.8 Å². The third-order valence-corrected chi connectivity index (χ3v) is 5.91. The number of benzene rings is 1. The van der Waals surface area contributed by atoms with Crippen molar-refractivity contribution >= 4 is 29.1 Å². The Hall–Kier alpha value is -3.07. The number of carbonyl (C=O) groups is 3. The SMILES string of the molecule is COc1cc(OC)cc(C(=O)N2CCN(C(=O)c3ccc(CNC(C)=O)s3)CC2)c1. The molecular formula is C21H25N3O5S. The smallest absolute Gasteiger partial charge is 0.264 e. The second-order valence-electron chi connectivity index (χ2n) is 6.86. The lowest BCUT2D eigenvalue weighted by molar-refractivity contribution is -0.119. The van der Waals surface area contributed by atoms with E-state index in [0.717, 1.165) is 4.88 Å². The highest BCUT2D eigenvalue weighted by molar-refractivity contribution is 7.14. The highest BCUT2D eigenvalue weighted by Crippen LogP contribution is 2.24. The van der Waals surface area contributed by atoms with E-state index in [1.54, 1.807) is 48.3 Å². The van der Waals surface area contributed by atoms with Crippen molar-refractivity contribution in [2.75, 3.05) is 40.4 Å². The minimum Gasteiger partial charge on any atom is -0.497 e. The maximum absolute atomic E-state index is 12.9. The van der Waals surface area contributed by atoms with Crippen molar-refractivity contribution in [3.05, 3.63) is 45.6 Å². The van der Waals surface area contributed by atoms with Gasteiger partial charge >= 0.3 is 0 Å². The molecule has 1 aliphatic rings. The second-order valence-corrected chi connectivity index (χ2v) is 8.03. The van der Waals surface area contributed by atoms with Gasteiger partial charge in [-0.25, -0.2) is 0 Å². The van der Waals surface area contributed by atoms with Crippen LogP contribution in [0.15, 0.2) is 30.3 Å². The first-order valence-corrected chi connectivity index (χ1v) is 10.4. The summed E-state index contributed by atoms with van der Waals surface area (Å²) in [6.07, 6.45) is 0. The number of amides is 3. The number of thiophene rings is 1. The first-order valence-electron chi connectivity index (χ1n) is 9.56. The van der Waals surface area contributed by atoms with Crippen molar-refractivity contribution in [1.29, 1.82) is 0 Å². The van der Waals surface area contributed by atoms with Gasteiger partial charge < -0.3 is 24.6 Å². The molecule has 9 heteroatoms. The van der Waals surface area contributed by atoms with E-state index in [1.165, 1.54) is 18.3 Å². The first kappa shape index (κ1) is 21.6. The lowest BCUT2D eigenvalue weighted by Gasteiger charge is -2.34.